The lowest BCUT2D eigenvalue weighted by Crippen LogP contribution is -2.45. The average molecular weight is 484 g/mol. The van der Waals surface area contributed by atoms with Crippen LogP contribution in [-0.4, -0.2) is 36.9 Å². The summed E-state index contributed by atoms with van der Waals surface area (Å²) < 4.78 is 47.5. The number of amides is 1. The van der Waals surface area contributed by atoms with Crippen molar-refractivity contribution in [3.63, 3.8) is 0 Å². The Balaban J connectivity index is 1.50. The number of sulfonamides is 1. The Morgan fingerprint density at radius 1 is 1.18 bits per heavy atom. The maximum absolute atomic E-state index is 14.0. The number of piperidine rings is 1. The minimum atomic E-state index is -3.98. The Labute approximate surface area is 198 Å². The number of hydrogen-bond donors (Lipinski definition) is 1. The molecule has 34 heavy (non-hydrogen) atoms. The summed E-state index contributed by atoms with van der Waals surface area (Å²) in [6.45, 7) is 2.30. The predicted octanol–water partition coefficient (Wildman–Crippen LogP) is 4.01. The largest absolute Gasteiger partial charge is 0.355 e. The molecule has 0 saturated carbocycles. The van der Waals surface area contributed by atoms with Crippen LogP contribution >= 0.6 is 0 Å². The molecule has 1 amide bonds. The van der Waals surface area contributed by atoms with Crippen molar-refractivity contribution in [1.82, 2.24) is 14.8 Å². The van der Waals surface area contributed by atoms with E-state index in [1.807, 2.05) is 30.3 Å². The second kappa shape index (κ2) is 10.3. The maximum Gasteiger partial charge on any atom is 0.248 e. The van der Waals surface area contributed by atoms with Crippen molar-refractivity contribution >= 4 is 28.1 Å². The highest BCUT2D eigenvalue weighted by atomic mass is 32.2. The zero-order valence-electron chi connectivity index (χ0n) is 18.8. The number of hydrogen-bond acceptors (Lipinski definition) is 5. The van der Waals surface area contributed by atoms with Gasteiger partial charge in [0.25, 0.3) is 0 Å². The second-order valence-corrected chi connectivity index (χ2v) is 10.1. The molecular weight excluding hydrogens is 457 g/mol. The highest BCUT2D eigenvalue weighted by Gasteiger charge is 2.36. The normalized spacial score (nSPS) is 17.2. The number of carbonyl (C=O) groups excluding carboxylic acids is 1. The van der Waals surface area contributed by atoms with Gasteiger partial charge < -0.3 is 9.84 Å². The monoisotopic (exact) mass is 483 g/mol. The summed E-state index contributed by atoms with van der Waals surface area (Å²) in [7, 11) is -3.98. The van der Waals surface area contributed by atoms with Gasteiger partial charge in [0, 0.05) is 25.2 Å². The smallest absolute Gasteiger partial charge is 0.248 e. The average Bonchev–Trinajstić information content (AvgIpc) is 3.23. The van der Waals surface area contributed by atoms with E-state index in [2.05, 4.69) is 10.5 Å². The zero-order chi connectivity index (χ0) is 24.1. The Bertz CT molecular complexity index is 1290. The molecule has 0 aliphatic carbocycles. The van der Waals surface area contributed by atoms with Gasteiger partial charge >= 0.3 is 0 Å². The van der Waals surface area contributed by atoms with Gasteiger partial charge in [0.1, 0.15) is 11.5 Å². The van der Waals surface area contributed by atoms with E-state index < -0.39 is 21.8 Å². The third-order valence-corrected chi connectivity index (χ3v) is 7.84. The molecule has 1 N–H and O–H groups in total. The SMILES string of the molecule is Cc1noc(C=Cc2ccccc2F)c1S(=O)(=O)N1CCCC(C(=O)NCc2ccccc2)C1. The zero-order valence-corrected chi connectivity index (χ0v) is 19.6. The van der Waals surface area contributed by atoms with Gasteiger partial charge in [-0.15, -0.1) is 0 Å². The highest BCUT2D eigenvalue weighted by Crippen LogP contribution is 2.29. The van der Waals surface area contributed by atoms with Crippen LogP contribution in [0.15, 0.2) is 64.0 Å². The lowest BCUT2D eigenvalue weighted by Gasteiger charge is -2.31. The van der Waals surface area contributed by atoms with Gasteiger partial charge in [-0.05, 0) is 43.5 Å². The van der Waals surface area contributed by atoms with Crippen LogP contribution in [0.2, 0.25) is 0 Å². The first kappa shape index (κ1) is 23.8. The Hall–Kier alpha value is -3.30. The standard InChI is InChI=1S/C25H26FN3O4S/c1-18-24(23(33-28-18)14-13-20-10-5-6-12-22(20)26)34(31,32)29-15-7-11-21(17-29)25(30)27-16-19-8-3-2-4-9-19/h2-6,8-10,12-14,21H,7,11,15-17H2,1H3,(H,27,30). The summed E-state index contributed by atoms with van der Waals surface area (Å²) >= 11 is 0. The molecule has 1 fully saturated rings. The highest BCUT2D eigenvalue weighted by molar-refractivity contribution is 7.89. The number of nitrogens with one attached hydrogen (secondary N) is 1. The molecule has 1 saturated heterocycles. The van der Waals surface area contributed by atoms with E-state index >= 15 is 0 Å². The molecule has 1 aliphatic rings. The lowest BCUT2D eigenvalue weighted by molar-refractivity contribution is -0.126. The summed E-state index contributed by atoms with van der Waals surface area (Å²) in [5, 5.41) is 6.73. The van der Waals surface area contributed by atoms with Crippen LogP contribution in [0, 0.1) is 18.7 Å². The van der Waals surface area contributed by atoms with Gasteiger partial charge in [-0.25, -0.2) is 12.8 Å². The van der Waals surface area contributed by atoms with E-state index in [1.54, 1.807) is 25.1 Å². The number of aromatic nitrogens is 1. The summed E-state index contributed by atoms with van der Waals surface area (Å²) in [6.07, 6.45) is 4.02. The molecule has 2 aromatic carbocycles. The molecule has 1 unspecified atom stereocenters. The summed E-state index contributed by atoms with van der Waals surface area (Å²) in [5.41, 5.74) is 1.49. The molecule has 178 valence electrons. The van der Waals surface area contributed by atoms with Gasteiger partial charge in [0.15, 0.2) is 10.7 Å². The van der Waals surface area contributed by atoms with Crippen LogP contribution in [0.3, 0.4) is 0 Å². The third kappa shape index (κ3) is 5.26. The molecule has 7 nitrogen and oxygen atoms in total. The van der Waals surface area contributed by atoms with Crippen LogP contribution in [0.25, 0.3) is 12.2 Å². The van der Waals surface area contributed by atoms with E-state index in [0.29, 0.717) is 31.5 Å². The first-order valence-electron chi connectivity index (χ1n) is 11.1. The quantitative estimate of drug-likeness (QED) is 0.548. The van der Waals surface area contributed by atoms with Crippen molar-refractivity contribution in [2.24, 2.45) is 5.92 Å². The molecule has 4 rings (SSSR count). The summed E-state index contributed by atoms with van der Waals surface area (Å²) in [4.78, 5) is 12.7. The van der Waals surface area contributed by atoms with Crippen LogP contribution in [0.5, 0.6) is 0 Å². The summed E-state index contributed by atoms with van der Waals surface area (Å²) in [5.74, 6) is -1.04. The van der Waals surface area contributed by atoms with Gasteiger partial charge in [-0.2, -0.15) is 4.31 Å². The third-order valence-electron chi connectivity index (χ3n) is 5.82. The molecule has 0 radical (unpaired) electrons. The van der Waals surface area contributed by atoms with Crippen molar-refractivity contribution in [2.45, 2.75) is 31.2 Å². The first-order chi connectivity index (χ1) is 16.4. The molecule has 2 heterocycles. The maximum atomic E-state index is 14.0. The van der Waals surface area contributed by atoms with Gasteiger partial charge in [0.05, 0.1) is 5.92 Å². The number of carbonyl (C=O) groups is 1. The molecule has 1 aromatic heterocycles. The number of nitrogens with zero attached hydrogens (tertiary/aromatic N) is 2. The Morgan fingerprint density at radius 2 is 1.91 bits per heavy atom. The number of aryl methyl sites for hydroxylation is 1. The summed E-state index contributed by atoms with van der Waals surface area (Å²) in [6, 6.07) is 15.7. The molecule has 3 aromatic rings. The molecular formula is C25H26FN3O4S. The molecule has 0 spiro atoms. The fourth-order valence-electron chi connectivity index (χ4n) is 4.01. The van der Waals surface area contributed by atoms with E-state index in [1.165, 1.54) is 22.5 Å². The van der Waals surface area contributed by atoms with Crippen LogP contribution in [0.1, 0.15) is 35.4 Å². The van der Waals surface area contributed by atoms with Gasteiger partial charge in [-0.1, -0.05) is 53.7 Å². The molecule has 9 heteroatoms. The number of halogens is 1. The minimum absolute atomic E-state index is 0.0244. The second-order valence-electron chi connectivity index (χ2n) is 8.22. The van der Waals surface area contributed by atoms with Crippen LogP contribution in [-0.2, 0) is 21.4 Å². The van der Waals surface area contributed by atoms with Gasteiger partial charge in [-0.3, -0.25) is 4.79 Å². The van der Waals surface area contributed by atoms with E-state index in [0.717, 1.165) is 5.56 Å². The molecule has 1 atom stereocenters. The van der Waals surface area contributed by atoms with E-state index in [4.69, 9.17) is 4.52 Å². The Kier molecular flexibility index (Phi) is 7.23. The topological polar surface area (TPSA) is 92.5 Å². The van der Waals surface area contributed by atoms with Crippen LogP contribution in [0.4, 0.5) is 4.39 Å². The molecule has 1 aliphatic heterocycles. The van der Waals surface area contributed by atoms with Crippen molar-refractivity contribution < 1.29 is 22.1 Å². The molecule has 0 bridgehead atoms. The predicted molar refractivity (Wildman–Crippen MR) is 126 cm³/mol. The van der Waals surface area contributed by atoms with Crippen molar-refractivity contribution in [1.29, 1.82) is 0 Å². The minimum Gasteiger partial charge on any atom is -0.355 e. The van der Waals surface area contributed by atoms with E-state index in [9.17, 15) is 17.6 Å². The van der Waals surface area contributed by atoms with Crippen LogP contribution < -0.4 is 5.32 Å². The lowest BCUT2D eigenvalue weighted by atomic mass is 9.99. The van der Waals surface area contributed by atoms with E-state index in [-0.39, 0.29) is 28.8 Å². The van der Waals surface area contributed by atoms with Crippen molar-refractivity contribution in [3.05, 3.63) is 83.0 Å². The number of benzene rings is 2. The Morgan fingerprint density at radius 3 is 2.68 bits per heavy atom. The fourth-order valence-corrected chi connectivity index (χ4v) is 5.78. The first-order valence-corrected chi connectivity index (χ1v) is 12.5. The van der Waals surface area contributed by atoms with Crippen molar-refractivity contribution in [3.8, 4) is 0 Å². The van der Waals surface area contributed by atoms with Gasteiger partial charge in [0.2, 0.25) is 15.9 Å². The number of rotatable bonds is 7. The van der Waals surface area contributed by atoms with Crippen molar-refractivity contribution in [2.75, 3.05) is 13.1 Å². The fraction of sp³-hybridized carbons (Fsp3) is 0.280.